The smallest absolute Gasteiger partial charge is 0.273 e. The third-order valence-electron chi connectivity index (χ3n) is 4.07. The minimum absolute atomic E-state index is 0.0843. The van der Waals surface area contributed by atoms with Crippen LogP contribution >= 0.6 is 0 Å². The molecule has 0 saturated heterocycles. The molecule has 4 rings (SSSR count). The fraction of sp³-hybridized carbons (Fsp3) is 0.235. The first kappa shape index (κ1) is 13.8. The van der Waals surface area contributed by atoms with Crippen LogP contribution in [0.3, 0.4) is 0 Å². The van der Waals surface area contributed by atoms with E-state index in [1.54, 1.807) is 12.3 Å². The maximum Gasteiger partial charge on any atom is 0.273 e. The first-order valence-electron chi connectivity index (χ1n) is 7.62. The average Bonchev–Trinajstić information content (AvgIpc) is 3.24. The Morgan fingerprint density at radius 2 is 2.17 bits per heavy atom. The first-order valence-corrected chi connectivity index (χ1v) is 7.62. The molecule has 2 aromatic heterocycles. The van der Waals surface area contributed by atoms with Crippen LogP contribution in [0.25, 0.3) is 11.3 Å². The third-order valence-corrected chi connectivity index (χ3v) is 4.07. The number of imidazole rings is 1. The lowest BCUT2D eigenvalue weighted by molar-refractivity contribution is 0.0918. The van der Waals surface area contributed by atoms with Crippen molar-refractivity contribution >= 4 is 5.91 Å². The van der Waals surface area contributed by atoms with Crippen molar-refractivity contribution in [1.29, 1.82) is 0 Å². The highest BCUT2D eigenvalue weighted by Crippen LogP contribution is 2.20. The molecule has 0 radical (unpaired) electrons. The van der Waals surface area contributed by atoms with Crippen LogP contribution in [0.1, 0.15) is 22.7 Å². The van der Waals surface area contributed by atoms with Crippen molar-refractivity contribution < 1.29 is 9.32 Å². The lowest BCUT2D eigenvalue weighted by atomic mass is 10.1. The summed E-state index contributed by atoms with van der Waals surface area (Å²) < 4.78 is 7.35. The number of fused-ring (bicyclic) bond motifs is 1. The van der Waals surface area contributed by atoms with E-state index < -0.39 is 0 Å². The highest BCUT2D eigenvalue weighted by molar-refractivity contribution is 5.93. The van der Waals surface area contributed by atoms with Gasteiger partial charge in [0, 0.05) is 43.0 Å². The van der Waals surface area contributed by atoms with Gasteiger partial charge in [-0.2, -0.15) is 0 Å². The molecule has 1 aliphatic rings. The van der Waals surface area contributed by atoms with Gasteiger partial charge in [-0.25, -0.2) is 4.98 Å². The molecule has 6 heteroatoms. The molecule has 3 heterocycles. The molecule has 23 heavy (non-hydrogen) atoms. The van der Waals surface area contributed by atoms with E-state index in [1.807, 2.05) is 36.5 Å². The lowest BCUT2D eigenvalue weighted by Crippen LogP contribution is -2.41. The van der Waals surface area contributed by atoms with E-state index in [1.165, 1.54) is 0 Å². The summed E-state index contributed by atoms with van der Waals surface area (Å²) in [6.07, 6.45) is 5.48. The third kappa shape index (κ3) is 2.75. The zero-order chi connectivity index (χ0) is 15.6. The van der Waals surface area contributed by atoms with E-state index in [0.29, 0.717) is 11.5 Å². The molecule has 1 amide bonds. The Bertz CT molecular complexity index is 822. The van der Waals surface area contributed by atoms with E-state index >= 15 is 0 Å². The van der Waals surface area contributed by atoms with Gasteiger partial charge in [-0.15, -0.1) is 0 Å². The fourth-order valence-corrected chi connectivity index (χ4v) is 2.86. The summed E-state index contributed by atoms with van der Waals surface area (Å²) in [6, 6.07) is 11.4. The number of carbonyl (C=O) groups is 1. The normalized spacial score (nSPS) is 16.8. The second-order valence-electron chi connectivity index (χ2n) is 5.65. The van der Waals surface area contributed by atoms with Crippen molar-refractivity contribution in [3.05, 3.63) is 60.3 Å². The summed E-state index contributed by atoms with van der Waals surface area (Å²) in [5.41, 5.74) is 1.21. The summed E-state index contributed by atoms with van der Waals surface area (Å²) in [6.45, 7) is 0.741. The van der Waals surface area contributed by atoms with E-state index in [4.69, 9.17) is 4.52 Å². The average molecular weight is 308 g/mol. The van der Waals surface area contributed by atoms with Crippen LogP contribution in [0.15, 0.2) is 53.3 Å². The Balaban J connectivity index is 1.45. The second-order valence-corrected chi connectivity index (χ2v) is 5.65. The van der Waals surface area contributed by atoms with Crippen molar-refractivity contribution in [3.8, 4) is 11.3 Å². The molecule has 0 saturated carbocycles. The first-order chi connectivity index (χ1) is 11.3. The Hall–Kier alpha value is -2.89. The van der Waals surface area contributed by atoms with Crippen LogP contribution in [0.2, 0.25) is 0 Å². The van der Waals surface area contributed by atoms with Crippen LogP contribution in [-0.2, 0) is 13.0 Å². The number of carbonyl (C=O) groups excluding carboxylic acids is 1. The highest BCUT2D eigenvalue weighted by Gasteiger charge is 2.22. The summed E-state index contributed by atoms with van der Waals surface area (Å²) in [4.78, 5) is 16.6. The zero-order valence-electron chi connectivity index (χ0n) is 12.5. The SMILES string of the molecule is O=C(NC1CCc2nccn2C1)c1cc(-c2ccccc2)on1. The van der Waals surface area contributed by atoms with Gasteiger partial charge in [0.2, 0.25) is 0 Å². The molecule has 6 nitrogen and oxygen atoms in total. The maximum absolute atomic E-state index is 12.3. The van der Waals surface area contributed by atoms with Crippen molar-refractivity contribution in [2.45, 2.75) is 25.4 Å². The minimum atomic E-state index is -0.204. The number of amides is 1. The standard InChI is InChI=1S/C17H16N4O2/c22-17(19-13-6-7-16-18-8-9-21(16)11-13)14-10-15(23-20-14)12-4-2-1-3-5-12/h1-5,8-10,13H,6-7,11H2,(H,19,22). The highest BCUT2D eigenvalue weighted by atomic mass is 16.5. The lowest BCUT2D eigenvalue weighted by Gasteiger charge is -2.24. The number of aromatic nitrogens is 3. The number of aryl methyl sites for hydroxylation is 1. The molecule has 3 aromatic rings. The number of benzene rings is 1. The Kier molecular flexibility index (Phi) is 3.42. The summed E-state index contributed by atoms with van der Waals surface area (Å²) >= 11 is 0. The van der Waals surface area contributed by atoms with Gasteiger partial charge < -0.3 is 14.4 Å². The van der Waals surface area contributed by atoms with Crippen LogP contribution in [0, 0.1) is 0 Å². The van der Waals surface area contributed by atoms with Gasteiger partial charge in [-0.3, -0.25) is 4.79 Å². The molecule has 1 aliphatic heterocycles. The van der Waals surface area contributed by atoms with Crippen molar-refractivity contribution in [3.63, 3.8) is 0 Å². The van der Waals surface area contributed by atoms with E-state index in [-0.39, 0.29) is 11.9 Å². The Morgan fingerprint density at radius 3 is 3.04 bits per heavy atom. The van der Waals surface area contributed by atoms with Crippen molar-refractivity contribution in [2.24, 2.45) is 0 Å². The Labute approximate surface area is 133 Å². The van der Waals surface area contributed by atoms with Crippen LogP contribution in [0.5, 0.6) is 0 Å². The van der Waals surface area contributed by atoms with E-state index in [9.17, 15) is 4.79 Å². The van der Waals surface area contributed by atoms with Gasteiger partial charge in [0.25, 0.3) is 5.91 Å². The molecule has 0 aliphatic carbocycles. The number of nitrogens with one attached hydrogen (secondary N) is 1. The molecular formula is C17H16N4O2. The van der Waals surface area contributed by atoms with Crippen LogP contribution < -0.4 is 5.32 Å². The quantitative estimate of drug-likeness (QED) is 0.805. The van der Waals surface area contributed by atoms with Gasteiger partial charge in [-0.1, -0.05) is 35.5 Å². The monoisotopic (exact) mass is 308 g/mol. The number of hydrogen-bond acceptors (Lipinski definition) is 4. The predicted octanol–water partition coefficient (Wildman–Crippen LogP) is 2.28. The second kappa shape index (κ2) is 5.72. The van der Waals surface area contributed by atoms with Gasteiger partial charge >= 0.3 is 0 Å². The Morgan fingerprint density at radius 1 is 1.30 bits per heavy atom. The maximum atomic E-state index is 12.3. The molecule has 1 aromatic carbocycles. The topological polar surface area (TPSA) is 73.0 Å². The number of nitrogens with zero attached hydrogens (tertiary/aromatic N) is 3. The van der Waals surface area contributed by atoms with Gasteiger partial charge in [-0.05, 0) is 6.42 Å². The molecule has 1 atom stereocenters. The number of rotatable bonds is 3. The zero-order valence-corrected chi connectivity index (χ0v) is 12.5. The van der Waals surface area contributed by atoms with Crippen molar-refractivity contribution in [2.75, 3.05) is 0 Å². The van der Waals surface area contributed by atoms with Crippen LogP contribution in [-0.4, -0.2) is 26.7 Å². The van der Waals surface area contributed by atoms with Crippen molar-refractivity contribution in [1.82, 2.24) is 20.0 Å². The molecule has 0 spiro atoms. The summed E-state index contributed by atoms with van der Waals surface area (Å²) in [5.74, 6) is 1.46. The van der Waals surface area contributed by atoms with Crippen LogP contribution in [0.4, 0.5) is 0 Å². The molecule has 116 valence electrons. The number of hydrogen-bond donors (Lipinski definition) is 1. The molecular weight excluding hydrogens is 292 g/mol. The summed E-state index contributed by atoms with van der Waals surface area (Å²) in [5, 5.41) is 6.91. The molecule has 1 unspecified atom stereocenters. The summed E-state index contributed by atoms with van der Waals surface area (Å²) in [7, 11) is 0. The van der Waals surface area contributed by atoms with Gasteiger partial charge in [0.1, 0.15) is 5.82 Å². The fourth-order valence-electron chi connectivity index (χ4n) is 2.86. The molecule has 0 bridgehead atoms. The van der Waals surface area contributed by atoms with E-state index in [2.05, 4.69) is 20.0 Å². The van der Waals surface area contributed by atoms with Gasteiger partial charge in [0.15, 0.2) is 11.5 Å². The largest absolute Gasteiger partial charge is 0.355 e. The minimum Gasteiger partial charge on any atom is -0.355 e. The predicted molar refractivity (Wildman–Crippen MR) is 83.7 cm³/mol. The van der Waals surface area contributed by atoms with E-state index in [0.717, 1.165) is 30.8 Å². The molecule has 1 N–H and O–H groups in total. The van der Waals surface area contributed by atoms with Gasteiger partial charge in [0.05, 0.1) is 0 Å². The molecule has 0 fully saturated rings.